The first-order valence-electron chi connectivity index (χ1n) is 8.95. The number of halogens is 3. The number of carbonyl (C=O) groups excluding carboxylic acids is 2. The molecule has 31 heavy (non-hydrogen) atoms. The van der Waals surface area contributed by atoms with Gasteiger partial charge in [0.15, 0.2) is 6.61 Å². The van der Waals surface area contributed by atoms with Crippen LogP contribution in [-0.4, -0.2) is 23.5 Å². The number of nitrogens with two attached hydrogens (primary N) is 1. The monoisotopic (exact) mass is 450 g/mol. The highest BCUT2D eigenvalue weighted by atomic mass is 32.1. The summed E-state index contributed by atoms with van der Waals surface area (Å²) in [6.07, 6.45) is -4.42. The molecule has 1 aromatic heterocycles. The molecule has 10 heteroatoms. The van der Waals surface area contributed by atoms with Crippen molar-refractivity contribution in [2.75, 3.05) is 6.61 Å². The molecule has 0 radical (unpaired) electrons. The third-order valence-corrected chi connectivity index (χ3v) is 5.28. The van der Waals surface area contributed by atoms with Gasteiger partial charge in [-0.3, -0.25) is 4.79 Å². The number of hydrogen-bond acceptors (Lipinski definition) is 6. The van der Waals surface area contributed by atoms with Crippen LogP contribution in [0.4, 0.5) is 13.2 Å². The van der Waals surface area contributed by atoms with E-state index >= 15 is 0 Å². The van der Waals surface area contributed by atoms with E-state index in [4.69, 9.17) is 15.2 Å². The fraction of sp³-hybridized carbons (Fsp3) is 0.190. The van der Waals surface area contributed by atoms with Crippen molar-refractivity contribution < 1.29 is 32.2 Å². The van der Waals surface area contributed by atoms with Gasteiger partial charge in [-0.25, -0.2) is 9.78 Å². The molecule has 0 aliphatic heterocycles. The zero-order chi connectivity index (χ0) is 22.6. The third-order valence-electron chi connectivity index (χ3n) is 4.09. The predicted octanol–water partition coefficient (Wildman–Crippen LogP) is 4.36. The first kappa shape index (κ1) is 22.3. The topological polar surface area (TPSA) is 91.5 Å². The smallest absolute Gasteiger partial charge is 0.416 e. The summed E-state index contributed by atoms with van der Waals surface area (Å²) in [6.45, 7) is 1.31. The molecular weight excluding hydrogens is 433 g/mol. The van der Waals surface area contributed by atoms with Crippen LogP contribution in [0.3, 0.4) is 0 Å². The number of hydrogen-bond donors (Lipinski definition) is 1. The number of ether oxygens (including phenoxy) is 2. The molecule has 0 bridgehead atoms. The molecular formula is C21H17F3N2O4S. The van der Waals surface area contributed by atoms with Crippen molar-refractivity contribution >= 4 is 23.2 Å². The van der Waals surface area contributed by atoms with Crippen LogP contribution in [0.25, 0.3) is 10.6 Å². The van der Waals surface area contributed by atoms with Crippen molar-refractivity contribution in [1.29, 1.82) is 0 Å². The summed E-state index contributed by atoms with van der Waals surface area (Å²) in [5, 5.41) is 0.417. The lowest BCUT2D eigenvalue weighted by Gasteiger charge is -2.07. The van der Waals surface area contributed by atoms with Gasteiger partial charge in [0.25, 0.3) is 5.91 Å². The Morgan fingerprint density at radius 1 is 1.13 bits per heavy atom. The number of primary amides is 1. The number of aryl methyl sites for hydroxylation is 1. The van der Waals surface area contributed by atoms with Crippen LogP contribution in [0.1, 0.15) is 26.5 Å². The Labute approximate surface area is 179 Å². The predicted molar refractivity (Wildman–Crippen MR) is 108 cm³/mol. The maximum Gasteiger partial charge on any atom is 0.416 e. The number of rotatable bonds is 7. The van der Waals surface area contributed by atoms with Crippen LogP contribution in [0.2, 0.25) is 0 Å². The lowest BCUT2D eigenvalue weighted by molar-refractivity contribution is -0.137. The highest BCUT2D eigenvalue weighted by Crippen LogP contribution is 2.33. The molecule has 0 aliphatic carbocycles. The van der Waals surface area contributed by atoms with Crippen molar-refractivity contribution in [2.45, 2.75) is 19.7 Å². The van der Waals surface area contributed by atoms with Gasteiger partial charge in [0.05, 0.1) is 11.3 Å². The lowest BCUT2D eigenvalue weighted by Crippen LogP contribution is -2.20. The van der Waals surface area contributed by atoms with Gasteiger partial charge < -0.3 is 15.2 Å². The summed E-state index contributed by atoms with van der Waals surface area (Å²) in [5.74, 6) is -0.802. The van der Waals surface area contributed by atoms with E-state index in [0.29, 0.717) is 27.6 Å². The number of thiazole rings is 1. The van der Waals surface area contributed by atoms with Gasteiger partial charge in [-0.1, -0.05) is 24.3 Å². The standard InChI is InChI=1S/C21H17F3N2O4S/c1-12-18(31-19(26-12)14-5-7-15(8-6-14)21(22,23)24)20(28)30-10-13-3-2-4-16(9-13)29-11-17(25)27/h2-9H,10-11H2,1H3,(H2,25,27). The Balaban J connectivity index is 1.67. The second kappa shape index (κ2) is 9.17. The molecule has 0 spiro atoms. The number of aromatic nitrogens is 1. The molecule has 0 saturated heterocycles. The highest BCUT2D eigenvalue weighted by molar-refractivity contribution is 7.17. The highest BCUT2D eigenvalue weighted by Gasteiger charge is 2.30. The Morgan fingerprint density at radius 3 is 2.48 bits per heavy atom. The minimum Gasteiger partial charge on any atom is -0.484 e. The van der Waals surface area contributed by atoms with E-state index in [0.717, 1.165) is 23.5 Å². The van der Waals surface area contributed by atoms with Crippen molar-refractivity contribution in [1.82, 2.24) is 4.98 Å². The van der Waals surface area contributed by atoms with Crippen LogP contribution in [0.15, 0.2) is 48.5 Å². The normalized spacial score (nSPS) is 11.2. The van der Waals surface area contributed by atoms with Crippen LogP contribution in [0.5, 0.6) is 5.75 Å². The van der Waals surface area contributed by atoms with Crippen LogP contribution in [0, 0.1) is 6.92 Å². The summed E-state index contributed by atoms with van der Waals surface area (Å²) in [4.78, 5) is 27.8. The third kappa shape index (κ3) is 5.82. The summed E-state index contributed by atoms with van der Waals surface area (Å²) in [6, 6.07) is 11.2. The van der Waals surface area contributed by atoms with Gasteiger partial charge in [-0.05, 0) is 36.8 Å². The molecule has 0 unspecified atom stereocenters. The molecule has 2 aromatic carbocycles. The fourth-order valence-corrected chi connectivity index (χ4v) is 3.57. The molecule has 0 aliphatic rings. The van der Waals surface area contributed by atoms with E-state index in [-0.39, 0.29) is 18.1 Å². The van der Waals surface area contributed by atoms with E-state index < -0.39 is 23.6 Å². The van der Waals surface area contributed by atoms with Gasteiger partial charge in [-0.2, -0.15) is 13.2 Å². The SMILES string of the molecule is Cc1nc(-c2ccc(C(F)(F)F)cc2)sc1C(=O)OCc1cccc(OCC(N)=O)c1. The van der Waals surface area contributed by atoms with E-state index in [2.05, 4.69) is 4.98 Å². The van der Waals surface area contributed by atoms with Crippen molar-refractivity contribution in [3.8, 4) is 16.3 Å². The molecule has 1 heterocycles. The maximum atomic E-state index is 12.7. The largest absolute Gasteiger partial charge is 0.484 e. The Kier molecular flexibility index (Phi) is 6.59. The van der Waals surface area contributed by atoms with Gasteiger partial charge in [0.1, 0.15) is 22.2 Å². The number of amides is 1. The maximum absolute atomic E-state index is 12.7. The van der Waals surface area contributed by atoms with E-state index in [1.165, 1.54) is 12.1 Å². The molecule has 2 N–H and O–H groups in total. The first-order valence-corrected chi connectivity index (χ1v) is 9.77. The number of benzene rings is 2. The average molecular weight is 450 g/mol. The number of carbonyl (C=O) groups is 2. The van der Waals surface area contributed by atoms with Gasteiger partial charge in [0, 0.05) is 5.56 Å². The number of alkyl halides is 3. The molecule has 6 nitrogen and oxygen atoms in total. The van der Waals surface area contributed by atoms with Crippen molar-refractivity contribution in [2.24, 2.45) is 5.73 Å². The molecule has 0 fully saturated rings. The molecule has 162 valence electrons. The fourth-order valence-electron chi connectivity index (χ4n) is 2.61. The minimum absolute atomic E-state index is 0.0421. The lowest BCUT2D eigenvalue weighted by atomic mass is 10.1. The second-order valence-electron chi connectivity index (χ2n) is 6.49. The summed E-state index contributed by atoms with van der Waals surface area (Å²) >= 11 is 1.04. The van der Waals surface area contributed by atoms with E-state index in [1.54, 1.807) is 31.2 Å². The zero-order valence-corrected chi connectivity index (χ0v) is 17.0. The van der Waals surface area contributed by atoms with E-state index in [1.807, 2.05) is 0 Å². The van der Waals surface area contributed by atoms with Crippen molar-refractivity contribution in [3.63, 3.8) is 0 Å². The van der Waals surface area contributed by atoms with Crippen molar-refractivity contribution in [3.05, 3.63) is 70.2 Å². The summed E-state index contributed by atoms with van der Waals surface area (Å²) < 4.78 is 48.7. The Morgan fingerprint density at radius 2 is 1.84 bits per heavy atom. The quantitative estimate of drug-likeness (QED) is 0.540. The first-order chi connectivity index (χ1) is 14.6. The molecule has 1 amide bonds. The number of esters is 1. The average Bonchev–Trinajstić information content (AvgIpc) is 3.12. The Bertz CT molecular complexity index is 1090. The Hall–Kier alpha value is -3.40. The van der Waals surface area contributed by atoms with Gasteiger partial charge >= 0.3 is 12.1 Å². The molecule has 3 rings (SSSR count). The molecule has 0 atom stereocenters. The van der Waals surface area contributed by atoms with Gasteiger partial charge in [-0.15, -0.1) is 11.3 Å². The van der Waals surface area contributed by atoms with E-state index in [9.17, 15) is 22.8 Å². The molecule has 0 saturated carbocycles. The van der Waals surface area contributed by atoms with Crippen LogP contribution in [-0.2, 0) is 22.3 Å². The zero-order valence-electron chi connectivity index (χ0n) is 16.2. The van der Waals surface area contributed by atoms with Gasteiger partial charge in [0.2, 0.25) is 0 Å². The number of nitrogens with zero attached hydrogens (tertiary/aromatic N) is 1. The second-order valence-corrected chi connectivity index (χ2v) is 7.49. The molecule has 3 aromatic rings. The van der Waals surface area contributed by atoms with Crippen LogP contribution < -0.4 is 10.5 Å². The summed E-state index contributed by atoms with van der Waals surface area (Å²) in [7, 11) is 0. The van der Waals surface area contributed by atoms with Crippen LogP contribution >= 0.6 is 11.3 Å². The minimum atomic E-state index is -4.42. The summed E-state index contributed by atoms with van der Waals surface area (Å²) in [5.41, 5.74) is 5.81.